The van der Waals surface area contributed by atoms with Crippen molar-refractivity contribution in [1.29, 1.82) is 0 Å². The second kappa shape index (κ2) is 7.07. The fraction of sp³-hybridized carbons (Fsp3) is 0.923. The Balaban J connectivity index is 2.31. The van der Waals surface area contributed by atoms with Crippen LogP contribution < -0.4 is 5.73 Å². The minimum absolute atomic E-state index is 0.476. The number of hydrogen-bond donors (Lipinski definition) is 2. The number of rotatable bonds is 10. The number of ether oxygens (including phenoxy) is 1. The molecule has 18 heavy (non-hydrogen) atoms. The Labute approximate surface area is 109 Å². The topological polar surface area (TPSA) is 75.8 Å². The van der Waals surface area contributed by atoms with Crippen LogP contribution in [0.1, 0.15) is 39.0 Å². The van der Waals surface area contributed by atoms with Gasteiger partial charge in [0.15, 0.2) is 0 Å². The lowest BCUT2D eigenvalue weighted by Gasteiger charge is -2.26. The average Bonchev–Trinajstić information content (AvgIpc) is 3.17. The van der Waals surface area contributed by atoms with Gasteiger partial charge in [-0.1, -0.05) is 6.92 Å². The van der Waals surface area contributed by atoms with Crippen LogP contribution in [0.2, 0.25) is 0 Å². The summed E-state index contributed by atoms with van der Waals surface area (Å²) in [6.45, 7) is 4.41. The van der Waals surface area contributed by atoms with Gasteiger partial charge in [0.05, 0.1) is 6.61 Å². The zero-order chi connectivity index (χ0) is 13.6. The van der Waals surface area contributed by atoms with Gasteiger partial charge in [0.1, 0.15) is 5.54 Å². The number of nitrogens with zero attached hydrogens (tertiary/aromatic N) is 1. The fourth-order valence-electron chi connectivity index (χ4n) is 2.16. The highest BCUT2D eigenvalue weighted by Crippen LogP contribution is 2.27. The van der Waals surface area contributed by atoms with Crippen molar-refractivity contribution in [2.45, 2.75) is 50.6 Å². The van der Waals surface area contributed by atoms with E-state index in [1.807, 2.05) is 6.92 Å². The van der Waals surface area contributed by atoms with E-state index in [1.165, 1.54) is 12.8 Å². The third-order valence-electron chi connectivity index (χ3n) is 3.77. The fourth-order valence-corrected chi connectivity index (χ4v) is 2.16. The smallest absolute Gasteiger partial charge is 0.323 e. The summed E-state index contributed by atoms with van der Waals surface area (Å²) in [5.74, 6) is -0.889. The summed E-state index contributed by atoms with van der Waals surface area (Å²) >= 11 is 0. The monoisotopic (exact) mass is 258 g/mol. The first-order chi connectivity index (χ1) is 8.53. The van der Waals surface area contributed by atoms with Crippen LogP contribution in [0.25, 0.3) is 0 Å². The van der Waals surface area contributed by atoms with E-state index in [0.29, 0.717) is 18.9 Å². The molecule has 0 amide bonds. The van der Waals surface area contributed by atoms with Gasteiger partial charge in [-0.05, 0) is 38.6 Å². The second-order valence-corrected chi connectivity index (χ2v) is 5.18. The maximum absolute atomic E-state index is 11.1. The van der Waals surface area contributed by atoms with Gasteiger partial charge in [0.2, 0.25) is 0 Å². The number of methoxy groups -OCH3 is 1. The molecule has 0 aromatic carbocycles. The van der Waals surface area contributed by atoms with Gasteiger partial charge in [-0.15, -0.1) is 0 Å². The Bertz CT molecular complexity index is 269. The molecule has 0 aromatic rings. The summed E-state index contributed by atoms with van der Waals surface area (Å²) in [6, 6.07) is 0.679. The molecule has 1 aliphatic rings. The van der Waals surface area contributed by atoms with E-state index in [9.17, 15) is 4.79 Å². The predicted octanol–water partition coefficient (Wildman–Crippen LogP) is 1.07. The molecule has 1 atom stereocenters. The molecule has 0 aliphatic heterocycles. The van der Waals surface area contributed by atoms with Crippen molar-refractivity contribution in [3.8, 4) is 0 Å². The lowest BCUT2D eigenvalue weighted by Crippen LogP contribution is -2.47. The van der Waals surface area contributed by atoms with E-state index in [1.54, 1.807) is 7.11 Å². The highest BCUT2D eigenvalue weighted by molar-refractivity contribution is 5.78. The molecule has 1 fully saturated rings. The number of carboxylic acids is 1. The zero-order valence-corrected chi connectivity index (χ0v) is 11.5. The molecule has 1 saturated carbocycles. The Morgan fingerprint density at radius 3 is 2.61 bits per heavy atom. The van der Waals surface area contributed by atoms with Gasteiger partial charge < -0.3 is 15.6 Å². The van der Waals surface area contributed by atoms with Gasteiger partial charge in [0.25, 0.3) is 0 Å². The Kier molecular flexibility index (Phi) is 6.05. The van der Waals surface area contributed by atoms with Crippen LogP contribution in [0.15, 0.2) is 0 Å². The third kappa shape index (κ3) is 4.55. The van der Waals surface area contributed by atoms with E-state index in [2.05, 4.69) is 4.90 Å². The Morgan fingerprint density at radius 1 is 1.50 bits per heavy atom. The van der Waals surface area contributed by atoms with Gasteiger partial charge >= 0.3 is 5.97 Å². The first-order valence-corrected chi connectivity index (χ1v) is 6.78. The lowest BCUT2D eigenvalue weighted by molar-refractivity contribution is -0.143. The van der Waals surface area contributed by atoms with Crippen molar-refractivity contribution in [2.24, 2.45) is 5.73 Å². The molecular weight excluding hydrogens is 232 g/mol. The summed E-state index contributed by atoms with van der Waals surface area (Å²) in [6.07, 6.45) is 4.35. The SMILES string of the molecule is CCC(N)(CCCN(CCOC)C1CC1)C(=O)O. The zero-order valence-electron chi connectivity index (χ0n) is 11.5. The molecule has 5 heteroatoms. The summed E-state index contributed by atoms with van der Waals surface area (Å²) in [5, 5.41) is 9.10. The molecule has 0 bridgehead atoms. The first-order valence-electron chi connectivity index (χ1n) is 6.78. The van der Waals surface area contributed by atoms with Crippen molar-refractivity contribution < 1.29 is 14.6 Å². The molecule has 0 aromatic heterocycles. The van der Waals surface area contributed by atoms with Gasteiger partial charge in [-0.25, -0.2) is 0 Å². The predicted molar refractivity (Wildman–Crippen MR) is 70.6 cm³/mol. The van der Waals surface area contributed by atoms with Gasteiger partial charge in [-0.3, -0.25) is 9.69 Å². The van der Waals surface area contributed by atoms with Crippen LogP contribution in [0, 0.1) is 0 Å². The molecule has 1 rings (SSSR count). The highest BCUT2D eigenvalue weighted by Gasteiger charge is 2.33. The number of aliphatic carboxylic acids is 1. The minimum Gasteiger partial charge on any atom is -0.480 e. The minimum atomic E-state index is -1.06. The molecule has 5 nitrogen and oxygen atoms in total. The molecule has 3 N–H and O–H groups in total. The van der Waals surface area contributed by atoms with Crippen molar-refractivity contribution in [2.75, 3.05) is 26.8 Å². The van der Waals surface area contributed by atoms with Crippen LogP contribution in [0.5, 0.6) is 0 Å². The van der Waals surface area contributed by atoms with E-state index in [0.717, 1.165) is 26.1 Å². The van der Waals surface area contributed by atoms with Crippen LogP contribution in [-0.4, -0.2) is 54.4 Å². The molecule has 1 aliphatic carbocycles. The summed E-state index contributed by atoms with van der Waals surface area (Å²) in [5.41, 5.74) is 4.82. The molecule has 1 unspecified atom stereocenters. The number of carboxylic acid groups (broad SMARTS) is 1. The second-order valence-electron chi connectivity index (χ2n) is 5.18. The van der Waals surface area contributed by atoms with Crippen LogP contribution >= 0.6 is 0 Å². The summed E-state index contributed by atoms with van der Waals surface area (Å²) in [4.78, 5) is 13.5. The molecule has 0 saturated heterocycles. The molecule has 0 spiro atoms. The number of nitrogens with two attached hydrogens (primary N) is 1. The molecule has 0 heterocycles. The van der Waals surface area contributed by atoms with E-state index >= 15 is 0 Å². The quantitative estimate of drug-likeness (QED) is 0.613. The largest absolute Gasteiger partial charge is 0.480 e. The van der Waals surface area contributed by atoms with Crippen molar-refractivity contribution in [3.63, 3.8) is 0 Å². The Morgan fingerprint density at radius 2 is 2.17 bits per heavy atom. The Hall–Kier alpha value is -0.650. The van der Waals surface area contributed by atoms with E-state index in [-0.39, 0.29) is 0 Å². The number of carbonyl (C=O) groups is 1. The molecule has 106 valence electrons. The van der Waals surface area contributed by atoms with Crippen molar-refractivity contribution in [1.82, 2.24) is 4.90 Å². The average molecular weight is 258 g/mol. The van der Waals surface area contributed by atoms with Crippen LogP contribution in [-0.2, 0) is 9.53 Å². The highest BCUT2D eigenvalue weighted by atomic mass is 16.5. The van der Waals surface area contributed by atoms with Gasteiger partial charge in [-0.2, -0.15) is 0 Å². The van der Waals surface area contributed by atoms with E-state index < -0.39 is 11.5 Å². The summed E-state index contributed by atoms with van der Waals surface area (Å²) in [7, 11) is 1.71. The molecular formula is C13H26N2O3. The van der Waals surface area contributed by atoms with Crippen molar-refractivity contribution in [3.05, 3.63) is 0 Å². The normalized spacial score (nSPS) is 18.9. The van der Waals surface area contributed by atoms with E-state index in [4.69, 9.17) is 15.6 Å². The molecule has 0 radical (unpaired) electrons. The standard InChI is InChI=1S/C13H26N2O3/c1-3-13(14,12(16)17)7-4-8-15(9-10-18-2)11-5-6-11/h11H,3-10,14H2,1-2H3,(H,16,17). The maximum atomic E-state index is 11.1. The first kappa shape index (κ1) is 15.4. The summed E-state index contributed by atoms with van der Waals surface area (Å²) < 4.78 is 5.10. The number of hydrogen-bond acceptors (Lipinski definition) is 4. The van der Waals surface area contributed by atoms with Crippen LogP contribution in [0.3, 0.4) is 0 Å². The lowest BCUT2D eigenvalue weighted by atomic mass is 9.92. The van der Waals surface area contributed by atoms with Crippen molar-refractivity contribution >= 4 is 5.97 Å². The third-order valence-corrected chi connectivity index (χ3v) is 3.77. The maximum Gasteiger partial charge on any atom is 0.323 e. The van der Waals surface area contributed by atoms with Gasteiger partial charge in [0, 0.05) is 19.7 Å². The van der Waals surface area contributed by atoms with Crippen LogP contribution in [0.4, 0.5) is 0 Å².